The Morgan fingerprint density at radius 2 is 1.67 bits per heavy atom. The summed E-state index contributed by atoms with van der Waals surface area (Å²) in [7, 11) is 0. The maximum absolute atomic E-state index is 11.9. The van der Waals surface area contributed by atoms with Gasteiger partial charge in [-0.2, -0.15) is 0 Å². The van der Waals surface area contributed by atoms with Crippen molar-refractivity contribution in [2.75, 3.05) is 11.2 Å². The summed E-state index contributed by atoms with van der Waals surface area (Å²) in [5, 5.41) is 3.01. The van der Waals surface area contributed by atoms with E-state index in [0.29, 0.717) is 12.3 Å². The standard InChI is InChI=1S/C18H20ClNO/c19-13-7-6-12-18(21)20-17-11-5-4-10-16(17)14-15-8-2-1-3-9-15/h1-5,8-11H,6-7,12-14H2,(H,20,21). The molecule has 110 valence electrons. The minimum atomic E-state index is 0.0561. The first-order valence-electron chi connectivity index (χ1n) is 7.27. The summed E-state index contributed by atoms with van der Waals surface area (Å²) in [6.07, 6.45) is 3.04. The summed E-state index contributed by atoms with van der Waals surface area (Å²) in [6, 6.07) is 18.2. The third kappa shape index (κ3) is 5.24. The molecule has 2 rings (SSSR count). The van der Waals surface area contributed by atoms with Crippen LogP contribution in [0.4, 0.5) is 5.69 Å². The highest BCUT2D eigenvalue weighted by atomic mass is 35.5. The van der Waals surface area contributed by atoms with Crippen molar-refractivity contribution in [3.8, 4) is 0 Å². The maximum Gasteiger partial charge on any atom is 0.224 e. The van der Waals surface area contributed by atoms with Crippen LogP contribution in [0.3, 0.4) is 0 Å². The molecule has 0 atom stereocenters. The Morgan fingerprint density at radius 3 is 2.43 bits per heavy atom. The van der Waals surface area contributed by atoms with Crippen molar-refractivity contribution in [3.05, 3.63) is 65.7 Å². The van der Waals surface area contributed by atoms with Gasteiger partial charge in [0.2, 0.25) is 5.91 Å². The summed E-state index contributed by atoms with van der Waals surface area (Å²) < 4.78 is 0. The highest BCUT2D eigenvalue weighted by Gasteiger charge is 2.07. The van der Waals surface area contributed by atoms with E-state index >= 15 is 0 Å². The lowest BCUT2D eigenvalue weighted by atomic mass is 10.0. The number of nitrogens with one attached hydrogen (secondary N) is 1. The minimum absolute atomic E-state index is 0.0561. The number of anilines is 1. The Labute approximate surface area is 131 Å². The smallest absolute Gasteiger partial charge is 0.224 e. The fraction of sp³-hybridized carbons (Fsp3) is 0.278. The van der Waals surface area contributed by atoms with E-state index in [1.807, 2.05) is 36.4 Å². The zero-order valence-corrected chi connectivity index (χ0v) is 12.8. The molecule has 0 saturated carbocycles. The number of benzene rings is 2. The molecule has 0 fully saturated rings. The molecule has 0 aliphatic rings. The van der Waals surface area contributed by atoms with Gasteiger partial charge in [0.05, 0.1) is 0 Å². The second kappa shape index (κ2) is 8.48. The first-order chi connectivity index (χ1) is 10.3. The maximum atomic E-state index is 11.9. The van der Waals surface area contributed by atoms with Crippen LogP contribution >= 0.6 is 11.6 Å². The van der Waals surface area contributed by atoms with Crippen molar-refractivity contribution < 1.29 is 4.79 Å². The van der Waals surface area contributed by atoms with Gasteiger partial charge in [-0.25, -0.2) is 0 Å². The molecule has 0 aliphatic carbocycles. The molecule has 21 heavy (non-hydrogen) atoms. The number of amides is 1. The first-order valence-corrected chi connectivity index (χ1v) is 7.80. The fourth-order valence-corrected chi connectivity index (χ4v) is 2.39. The molecule has 1 N–H and O–H groups in total. The topological polar surface area (TPSA) is 29.1 Å². The van der Waals surface area contributed by atoms with Crippen LogP contribution in [0.5, 0.6) is 0 Å². The van der Waals surface area contributed by atoms with Gasteiger partial charge in [-0.1, -0.05) is 48.5 Å². The molecule has 0 radical (unpaired) electrons. The molecule has 0 aliphatic heterocycles. The summed E-state index contributed by atoms with van der Waals surface area (Å²) in [5.41, 5.74) is 3.27. The minimum Gasteiger partial charge on any atom is -0.326 e. The lowest BCUT2D eigenvalue weighted by Gasteiger charge is -2.11. The van der Waals surface area contributed by atoms with Gasteiger partial charge in [-0.3, -0.25) is 4.79 Å². The van der Waals surface area contributed by atoms with Gasteiger partial charge in [-0.05, 0) is 36.5 Å². The van der Waals surface area contributed by atoms with E-state index in [2.05, 4.69) is 23.5 Å². The number of hydrogen-bond donors (Lipinski definition) is 1. The molecule has 0 bridgehead atoms. The number of hydrogen-bond acceptors (Lipinski definition) is 1. The molecular weight excluding hydrogens is 282 g/mol. The van der Waals surface area contributed by atoms with Crippen LogP contribution in [0.25, 0.3) is 0 Å². The lowest BCUT2D eigenvalue weighted by Crippen LogP contribution is -2.12. The average molecular weight is 302 g/mol. The average Bonchev–Trinajstić information content (AvgIpc) is 2.51. The Hall–Kier alpha value is -1.80. The zero-order chi connectivity index (χ0) is 14.9. The van der Waals surface area contributed by atoms with E-state index in [9.17, 15) is 4.79 Å². The van der Waals surface area contributed by atoms with E-state index in [4.69, 9.17) is 11.6 Å². The van der Waals surface area contributed by atoms with Gasteiger partial charge in [0.1, 0.15) is 0 Å². The quantitative estimate of drug-likeness (QED) is 0.586. The zero-order valence-electron chi connectivity index (χ0n) is 12.0. The summed E-state index contributed by atoms with van der Waals surface area (Å²) in [5.74, 6) is 0.665. The monoisotopic (exact) mass is 301 g/mol. The third-order valence-electron chi connectivity index (χ3n) is 3.32. The molecule has 0 aromatic heterocycles. The number of unbranched alkanes of at least 4 members (excludes halogenated alkanes) is 1. The summed E-state index contributed by atoms with van der Waals surface area (Å²) in [4.78, 5) is 11.9. The van der Waals surface area contributed by atoms with E-state index in [-0.39, 0.29) is 5.91 Å². The van der Waals surface area contributed by atoms with E-state index in [1.54, 1.807) is 0 Å². The van der Waals surface area contributed by atoms with Gasteiger partial charge >= 0.3 is 0 Å². The van der Waals surface area contributed by atoms with Crippen LogP contribution in [0.2, 0.25) is 0 Å². The number of alkyl halides is 1. The van der Waals surface area contributed by atoms with Crippen LogP contribution in [0, 0.1) is 0 Å². The number of halogens is 1. The first kappa shape index (κ1) is 15.6. The van der Waals surface area contributed by atoms with Crippen molar-refractivity contribution in [2.24, 2.45) is 0 Å². The van der Waals surface area contributed by atoms with Gasteiger partial charge in [0, 0.05) is 18.0 Å². The van der Waals surface area contributed by atoms with Crippen molar-refractivity contribution in [3.63, 3.8) is 0 Å². The van der Waals surface area contributed by atoms with Crippen molar-refractivity contribution in [2.45, 2.75) is 25.7 Å². The molecule has 2 aromatic carbocycles. The second-order valence-corrected chi connectivity index (χ2v) is 5.39. The molecule has 0 heterocycles. The van der Waals surface area contributed by atoms with Crippen LogP contribution < -0.4 is 5.32 Å². The molecular formula is C18H20ClNO. The molecule has 0 saturated heterocycles. The molecule has 0 spiro atoms. The normalized spacial score (nSPS) is 10.3. The van der Waals surface area contributed by atoms with Crippen LogP contribution in [0.1, 0.15) is 30.4 Å². The third-order valence-corrected chi connectivity index (χ3v) is 3.58. The summed E-state index contributed by atoms with van der Waals surface area (Å²) in [6.45, 7) is 0. The molecule has 1 amide bonds. The number of para-hydroxylation sites is 1. The van der Waals surface area contributed by atoms with E-state index in [0.717, 1.165) is 30.5 Å². The lowest BCUT2D eigenvalue weighted by molar-refractivity contribution is -0.116. The van der Waals surface area contributed by atoms with Crippen molar-refractivity contribution >= 4 is 23.2 Å². The van der Waals surface area contributed by atoms with Gasteiger partial charge in [0.25, 0.3) is 0 Å². The van der Waals surface area contributed by atoms with Gasteiger partial charge in [-0.15, -0.1) is 11.6 Å². The van der Waals surface area contributed by atoms with Crippen LogP contribution in [-0.2, 0) is 11.2 Å². The van der Waals surface area contributed by atoms with Crippen molar-refractivity contribution in [1.82, 2.24) is 0 Å². The highest BCUT2D eigenvalue weighted by Crippen LogP contribution is 2.19. The summed E-state index contributed by atoms with van der Waals surface area (Å²) >= 11 is 5.63. The predicted octanol–water partition coefficient (Wildman–Crippen LogP) is 4.63. The second-order valence-electron chi connectivity index (χ2n) is 5.01. The molecule has 3 heteroatoms. The SMILES string of the molecule is O=C(CCCCCl)Nc1ccccc1Cc1ccccc1. The Bertz CT molecular complexity index is 568. The predicted molar refractivity (Wildman–Crippen MR) is 88.9 cm³/mol. The molecule has 2 nitrogen and oxygen atoms in total. The van der Waals surface area contributed by atoms with Crippen LogP contribution in [-0.4, -0.2) is 11.8 Å². The number of carbonyl (C=O) groups excluding carboxylic acids is 1. The van der Waals surface area contributed by atoms with Crippen LogP contribution in [0.15, 0.2) is 54.6 Å². The fourth-order valence-electron chi connectivity index (χ4n) is 2.20. The Balaban J connectivity index is 2.01. The Kier molecular flexibility index (Phi) is 6.29. The Morgan fingerprint density at radius 1 is 0.952 bits per heavy atom. The van der Waals surface area contributed by atoms with Crippen molar-refractivity contribution in [1.29, 1.82) is 0 Å². The largest absolute Gasteiger partial charge is 0.326 e. The number of carbonyl (C=O) groups is 1. The van der Waals surface area contributed by atoms with Gasteiger partial charge in [0.15, 0.2) is 0 Å². The highest BCUT2D eigenvalue weighted by molar-refractivity contribution is 6.17. The van der Waals surface area contributed by atoms with E-state index < -0.39 is 0 Å². The van der Waals surface area contributed by atoms with E-state index in [1.165, 1.54) is 5.56 Å². The molecule has 2 aromatic rings. The van der Waals surface area contributed by atoms with Gasteiger partial charge < -0.3 is 5.32 Å². The number of rotatable bonds is 7. The molecule has 0 unspecified atom stereocenters.